The van der Waals surface area contributed by atoms with Crippen molar-refractivity contribution in [2.45, 2.75) is 39.7 Å². The van der Waals surface area contributed by atoms with E-state index >= 15 is 0 Å². The molecule has 2 aromatic heterocycles. The summed E-state index contributed by atoms with van der Waals surface area (Å²) >= 11 is 1.25. The number of hydrogen-bond acceptors (Lipinski definition) is 9. The number of nitrogens with one attached hydrogen (secondary N) is 1. The number of nitrogens with zero attached hydrogens (tertiary/aromatic N) is 4. The van der Waals surface area contributed by atoms with E-state index in [2.05, 4.69) is 32.3 Å². The van der Waals surface area contributed by atoms with Crippen LogP contribution in [0.4, 0.5) is 15.5 Å². The molecule has 1 N–H and O–H groups in total. The molecule has 1 saturated heterocycles. The Labute approximate surface area is 203 Å². The molecule has 2 aliphatic heterocycles. The normalized spacial score (nSPS) is 17.2. The molecule has 2 fully saturated rings. The minimum Gasteiger partial charge on any atom is -0.441 e. The number of carbonyl (C=O) groups is 2. The summed E-state index contributed by atoms with van der Waals surface area (Å²) in [5.41, 5.74) is 2.28. The Morgan fingerprint density at radius 3 is 2.86 bits per heavy atom. The molecule has 1 saturated carbocycles. The second kappa shape index (κ2) is 7.68. The van der Waals surface area contributed by atoms with Crippen molar-refractivity contribution in [1.29, 1.82) is 0 Å². The molecular weight excluding hydrogens is 470 g/mol. The van der Waals surface area contributed by atoms with Gasteiger partial charge in [0.2, 0.25) is 5.76 Å². The second-order valence-electron chi connectivity index (χ2n) is 8.59. The Balaban J connectivity index is 1.18. The average Bonchev–Trinajstić information content (AvgIpc) is 3.49. The lowest BCUT2D eigenvalue weighted by atomic mass is 9.95. The Morgan fingerprint density at radius 1 is 1.29 bits per heavy atom. The summed E-state index contributed by atoms with van der Waals surface area (Å²) in [4.78, 5) is 39.2. The molecule has 0 radical (unpaired) electrons. The Hall–Kier alpha value is -4.17. The number of amides is 2. The van der Waals surface area contributed by atoms with E-state index in [9.17, 15) is 9.59 Å². The molecule has 176 valence electrons. The SMILES string of the molecule is Cc1ccccc1C(C)OC(=O)Nc1c(C)noc1C#Cc1nc2c(s1)N=C1N(O2)C(=O)C12CC2. The van der Waals surface area contributed by atoms with Crippen LogP contribution >= 0.6 is 11.3 Å². The van der Waals surface area contributed by atoms with Crippen LogP contribution in [0, 0.1) is 31.1 Å². The largest absolute Gasteiger partial charge is 0.441 e. The maximum atomic E-state index is 12.5. The number of hydroxylamine groups is 2. The van der Waals surface area contributed by atoms with Crippen molar-refractivity contribution >= 4 is 39.9 Å². The van der Waals surface area contributed by atoms with Crippen LogP contribution < -0.4 is 10.2 Å². The van der Waals surface area contributed by atoms with Crippen molar-refractivity contribution in [2.75, 3.05) is 5.32 Å². The van der Waals surface area contributed by atoms with Crippen LogP contribution in [-0.2, 0) is 9.53 Å². The van der Waals surface area contributed by atoms with Crippen molar-refractivity contribution in [3.05, 3.63) is 51.9 Å². The Morgan fingerprint density at radius 2 is 2.09 bits per heavy atom. The first-order valence-electron chi connectivity index (χ1n) is 11.0. The molecule has 0 bridgehead atoms. The summed E-state index contributed by atoms with van der Waals surface area (Å²) in [6.07, 6.45) is 0.519. The van der Waals surface area contributed by atoms with Crippen LogP contribution in [0.15, 0.2) is 33.8 Å². The fourth-order valence-corrected chi connectivity index (χ4v) is 4.82. The topological polar surface area (TPSA) is 119 Å². The van der Waals surface area contributed by atoms with Gasteiger partial charge in [0.15, 0.2) is 15.8 Å². The number of aromatic nitrogens is 2. The highest BCUT2D eigenvalue weighted by Gasteiger charge is 2.69. The predicted molar refractivity (Wildman–Crippen MR) is 125 cm³/mol. The number of aryl methyl sites for hydroxylation is 2. The zero-order chi connectivity index (χ0) is 24.3. The Bertz CT molecular complexity index is 1490. The summed E-state index contributed by atoms with van der Waals surface area (Å²) in [6.45, 7) is 5.46. The molecule has 35 heavy (non-hydrogen) atoms. The van der Waals surface area contributed by atoms with Gasteiger partial charge in [0.1, 0.15) is 22.9 Å². The summed E-state index contributed by atoms with van der Waals surface area (Å²) in [5, 5.41) is 8.78. The first-order chi connectivity index (χ1) is 16.9. The minimum absolute atomic E-state index is 0.0704. The van der Waals surface area contributed by atoms with Gasteiger partial charge in [0.05, 0.1) is 0 Å². The zero-order valence-electron chi connectivity index (χ0n) is 19.0. The van der Waals surface area contributed by atoms with E-state index in [0.717, 1.165) is 24.0 Å². The fourth-order valence-electron chi connectivity index (χ4n) is 4.10. The molecule has 3 aliphatic rings. The van der Waals surface area contributed by atoms with Crippen LogP contribution in [0.5, 0.6) is 5.88 Å². The number of ether oxygens (including phenoxy) is 1. The van der Waals surface area contributed by atoms with E-state index in [1.807, 2.05) is 31.2 Å². The molecule has 1 unspecified atom stereocenters. The van der Waals surface area contributed by atoms with Crippen molar-refractivity contribution in [3.63, 3.8) is 0 Å². The fraction of sp³-hybridized carbons (Fsp3) is 0.292. The quantitative estimate of drug-likeness (QED) is 0.427. The van der Waals surface area contributed by atoms with E-state index in [4.69, 9.17) is 14.1 Å². The van der Waals surface area contributed by atoms with Gasteiger partial charge >= 0.3 is 6.09 Å². The smallest absolute Gasteiger partial charge is 0.412 e. The third-order valence-electron chi connectivity index (χ3n) is 6.21. The van der Waals surface area contributed by atoms with E-state index in [1.165, 1.54) is 16.4 Å². The number of aliphatic imine (C=N–C) groups is 1. The lowest BCUT2D eigenvalue weighted by Crippen LogP contribution is -2.61. The van der Waals surface area contributed by atoms with Gasteiger partial charge in [0, 0.05) is 0 Å². The lowest BCUT2D eigenvalue weighted by Gasteiger charge is -2.39. The van der Waals surface area contributed by atoms with E-state index in [0.29, 0.717) is 27.2 Å². The van der Waals surface area contributed by atoms with Crippen LogP contribution in [-0.4, -0.2) is 33.0 Å². The molecule has 1 atom stereocenters. The summed E-state index contributed by atoms with van der Waals surface area (Å²) in [6, 6.07) is 7.71. The maximum absolute atomic E-state index is 12.5. The Kier molecular flexibility index (Phi) is 4.69. The van der Waals surface area contributed by atoms with Crippen molar-refractivity contribution in [1.82, 2.24) is 15.2 Å². The van der Waals surface area contributed by atoms with Crippen LogP contribution in [0.2, 0.25) is 0 Å². The van der Waals surface area contributed by atoms with Gasteiger partial charge in [-0.2, -0.15) is 4.98 Å². The van der Waals surface area contributed by atoms with Crippen molar-refractivity contribution in [3.8, 4) is 17.7 Å². The number of rotatable bonds is 3. The number of β-lactam (4-membered cyclic amide) rings is 1. The van der Waals surface area contributed by atoms with Crippen LogP contribution in [0.25, 0.3) is 0 Å². The third kappa shape index (κ3) is 3.45. The number of carbonyl (C=O) groups excluding carboxylic acids is 2. The van der Waals surface area contributed by atoms with Gasteiger partial charge < -0.3 is 14.1 Å². The van der Waals surface area contributed by atoms with E-state index < -0.39 is 17.6 Å². The number of anilines is 1. The molecule has 6 rings (SSSR count). The van der Waals surface area contributed by atoms with Crippen LogP contribution in [0.1, 0.15) is 53.5 Å². The van der Waals surface area contributed by atoms with Crippen LogP contribution in [0.3, 0.4) is 0 Å². The predicted octanol–water partition coefficient (Wildman–Crippen LogP) is 4.42. The lowest BCUT2D eigenvalue weighted by molar-refractivity contribution is -0.160. The molecular formula is C24H19N5O5S. The van der Waals surface area contributed by atoms with Crippen molar-refractivity contribution in [2.24, 2.45) is 10.4 Å². The number of amidine groups is 1. The molecule has 1 spiro atoms. The summed E-state index contributed by atoms with van der Waals surface area (Å²) in [7, 11) is 0. The van der Waals surface area contributed by atoms with Gasteiger partial charge in [-0.3, -0.25) is 10.1 Å². The molecule has 4 heterocycles. The standard InChI is InChI=1S/C24H19N5O5S/c1-12-6-4-5-7-15(12)14(3)32-23(31)26-18-13(2)28-33-16(18)8-9-17-25-19-20(35-17)27-21-24(10-11-24)22(30)29(21)34-19/h4-7,14H,10-11H2,1-3H3,(H,26,31). The first-order valence-corrected chi connectivity index (χ1v) is 11.8. The van der Waals surface area contributed by atoms with E-state index in [1.54, 1.807) is 13.8 Å². The highest BCUT2D eigenvalue weighted by molar-refractivity contribution is 7.16. The molecule has 2 amide bonds. The number of thiazole rings is 1. The molecule has 3 aromatic rings. The highest BCUT2D eigenvalue weighted by atomic mass is 32.1. The minimum atomic E-state index is -0.646. The average molecular weight is 490 g/mol. The summed E-state index contributed by atoms with van der Waals surface area (Å²) < 4.78 is 10.8. The zero-order valence-corrected chi connectivity index (χ0v) is 19.9. The van der Waals surface area contributed by atoms with Crippen molar-refractivity contribution < 1.29 is 23.7 Å². The number of hydrogen-bond donors (Lipinski definition) is 1. The molecule has 10 nitrogen and oxygen atoms in total. The molecule has 1 aromatic carbocycles. The maximum Gasteiger partial charge on any atom is 0.412 e. The molecule has 1 aliphatic carbocycles. The van der Waals surface area contributed by atoms with E-state index in [-0.39, 0.29) is 17.5 Å². The van der Waals surface area contributed by atoms with Gasteiger partial charge in [0.25, 0.3) is 11.8 Å². The van der Waals surface area contributed by atoms with Gasteiger partial charge in [-0.1, -0.05) is 40.8 Å². The van der Waals surface area contributed by atoms with Gasteiger partial charge in [-0.15, -0.1) is 5.06 Å². The first kappa shape index (κ1) is 21.4. The summed E-state index contributed by atoms with van der Waals surface area (Å²) in [5.74, 6) is 6.73. The second-order valence-corrected chi connectivity index (χ2v) is 9.57. The number of benzene rings is 1. The third-order valence-corrected chi connectivity index (χ3v) is 7.06. The van der Waals surface area contributed by atoms with Gasteiger partial charge in [-0.05, 0) is 56.6 Å². The monoisotopic (exact) mass is 489 g/mol. The highest BCUT2D eigenvalue weighted by Crippen LogP contribution is 2.58. The number of fused-ring (bicyclic) bond motifs is 3. The molecule has 11 heteroatoms. The van der Waals surface area contributed by atoms with Gasteiger partial charge in [-0.25, -0.2) is 9.79 Å².